The third-order valence-electron chi connectivity index (χ3n) is 4.66. The molecular formula is C20H23BN2O6S. The summed E-state index contributed by atoms with van der Waals surface area (Å²) in [4.78, 5) is 12.0. The highest BCUT2D eigenvalue weighted by Crippen LogP contribution is 2.21. The highest BCUT2D eigenvalue weighted by Gasteiger charge is 2.18. The minimum atomic E-state index is -3.55. The number of rotatable bonds is 7. The minimum absolute atomic E-state index is 0.0490. The molecule has 2 aromatic rings. The molecule has 3 N–H and O–H groups in total. The topological polar surface area (TPSA) is 137 Å². The highest BCUT2D eigenvalue weighted by atomic mass is 32.2. The number of nitriles is 1. The second kappa shape index (κ2) is 9.76. The third kappa shape index (κ3) is 5.60. The lowest BCUT2D eigenvalue weighted by Crippen LogP contribution is -2.30. The summed E-state index contributed by atoms with van der Waals surface area (Å²) >= 11 is 0. The molecule has 0 aromatic heterocycles. The molecule has 0 saturated carbocycles. The van der Waals surface area contributed by atoms with E-state index in [0.29, 0.717) is 11.9 Å². The van der Waals surface area contributed by atoms with E-state index in [2.05, 4.69) is 5.32 Å². The lowest BCUT2D eigenvalue weighted by molar-refractivity contribution is 0.163. The van der Waals surface area contributed by atoms with Crippen molar-refractivity contribution in [1.82, 2.24) is 0 Å². The zero-order valence-corrected chi connectivity index (χ0v) is 17.8. The Labute approximate surface area is 176 Å². The SMILES string of the molecule is CCS(=O)(=O)c1ccc(NC(=O)OCCc2c(C)cc(B(O)O)cc2C)cc1C#N. The number of hydrogen-bond acceptors (Lipinski definition) is 7. The smallest absolute Gasteiger partial charge is 0.449 e. The fourth-order valence-electron chi connectivity index (χ4n) is 3.09. The fourth-order valence-corrected chi connectivity index (χ4v) is 4.12. The maximum absolute atomic E-state index is 12.1. The van der Waals surface area contributed by atoms with Crippen LogP contribution in [-0.2, 0) is 21.0 Å². The van der Waals surface area contributed by atoms with Crippen molar-refractivity contribution < 1.29 is 28.0 Å². The van der Waals surface area contributed by atoms with E-state index in [9.17, 15) is 28.5 Å². The predicted octanol–water partition coefficient (Wildman–Crippen LogP) is 1.44. The Morgan fingerprint density at radius 1 is 1.20 bits per heavy atom. The minimum Gasteiger partial charge on any atom is -0.449 e. The molecule has 10 heteroatoms. The van der Waals surface area contributed by atoms with E-state index >= 15 is 0 Å². The monoisotopic (exact) mass is 430 g/mol. The van der Waals surface area contributed by atoms with E-state index < -0.39 is 23.0 Å². The molecule has 0 unspecified atom stereocenters. The van der Waals surface area contributed by atoms with Crippen LogP contribution in [0.25, 0.3) is 0 Å². The van der Waals surface area contributed by atoms with Gasteiger partial charge in [-0.25, -0.2) is 13.2 Å². The van der Waals surface area contributed by atoms with Crippen LogP contribution in [0.15, 0.2) is 35.2 Å². The van der Waals surface area contributed by atoms with Gasteiger partial charge in [0.2, 0.25) is 0 Å². The number of hydrogen-bond donors (Lipinski definition) is 3. The van der Waals surface area contributed by atoms with Gasteiger partial charge in [0.05, 0.1) is 22.8 Å². The van der Waals surface area contributed by atoms with Gasteiger partial charge in [-0.1, -0.05) is 19.1 Å². The van der Waals surface area contributed by atoms with Crippen LogP contribution in [0.5, 0.6) is 0 Å². The molecule has 0 bridgehead atoms. The first-order chi connectivity index (χ1) is 14.1. The number of nitrogens with zero attached hydrogens (tertiary/aromatic N) is 1. The molecule has 0 heterocycles. The summed E-state index contributed by atoms with van der Waals surface area (Å²) in [6.45, 7) is 5.25. The summed E-state index contributed by atoms with van der Waals surface area (Å²) in [5.74, 6) is -0.131. The highest BCUT2D eigenvalue weighted by molar-refractivity contribution is 7.91. The first-order valence-corrected chi connectivity index (χ1v) is 10.9. The fraction of sp³-hybridized carbons (Fsp3) is 0.300. The molecule has 1 amide bonds. The zero-order chi connectivity index (χ0) is 22.5. The number of ether oxygens (including phenoxy) is 1. The van der Waals surface area contributed by atoms with Crippen LogP contribution in [0.2, 0.25) is 0 Å². The van der Waals surface area contributed by atoms with Gasteiger partial charge in [0, 0.05) is 12.1 Å². The Bertz CT molecular complexity index is 1070. The van der Waals surface area contributed by atoms with Crippen molar-refractivity contribution in [3.8, 4) is 6.07 Å². The molecule has 2 aromatic carbocycles. The molecule has 158 valence electrons. The molecule has 30 heavy (non-hydrogen) atoms. The van der Waals surface area contributed by atoms with Crippen molar-refractivity contribution in [1.29, 1.82) is 5.26 Å². The van der Waals surface area contributed by atoms with Crippen molar-refractivity contribution >= 4 is 34.2 Å². The van der Waals surface area contributed by atoms with E-state index in [-0.39, 0.29) is 28.5 Å². The summed E-state index contributed by atoms with van der Waals surface area (Å²) < 4.78 is 29.2. The van der Waals surface area contributed by atoms with Gasteiger partial charge in [-0.2, -0.15) is 5.26 Å². The molecule has 0 aliphatic carbocycles. The van der Waals surface area contributed by atoms with E-state index in [1.54, 1.807) is 12.1 Å². The van der Waals surface area contributed by atoms with Crippen molar-refractivity contribution in [2.45, 2.75) is 32.1 Å². The Morgan fingerprint density at radius 2 is 1.83 bits per heavy atom. The molecule has 0 atom stereocenters. The number of amides is 1. The number of nitrogens with one attached hydrogen (secondary N) is 1. The molecule has 0 fully saturated rings. The van der Waals surface area contributed by atoms with E-state index in [4.69, 9.17) is 4.74 Å². The van der Waals surface area contributed by atoms with Gasteiger partial charge in [-0.15, -0.1) is 0 Å². The van der Waals surface area contributed by atoms with Crippen molar-refractivity contribution in [2.24, 2.45) is 0 Å². The quantitative estimate of drug-likeness (QED) is 0.566. The largest absolute Gasteiger partial charge is 0.488 e. The van der Waals surface area contributed by atoms with E-state index in [1.807, 2.05) is 19.9 Å². The van der Waals surface area contributed by atoms with Gasteiger partial charge in [0.25, 0.3) is 0 Å². The van der Waals surface area contributed by atoms with E-state index in [0.717, 1.165) is 16.7 Å². The lowest BCUT2D eigenvalue weighted by Gasteiger charge is -2.13. The first-order valence-electron chi connectivity index (χ1n) is 9.26. The average Bonchev–Trinajstić information content (AvgIpc) is 2.69. The average molecular weight is 430 g/mol. The molecule has 0 aliphatic rings. The Kier molecular flexibility index (Phi) is 7.62. The number of sulfone groups is 1. The van der Waals surface area contributed by atoms with Crippen LogP contribution in [0, 0.1) is 25.2 Å². The Morgan fingerprint density at radius 3 is 2.37 bits per heavy atom. The summed E-state index contributed by atoms with van der Waals surface area (Å²) in [7, 11) is -5.09. The van der Waals surface area contributed by atoms with Crippen molar-refractivity contribution in [3.05, 3.63) is 52.6 Å². The molecule has 0 saturated heterocycles. The summed E-state index contributed by atoms with van der Waals surface area (Å²) in [5, 5.41) is 30.3. The van der Waals surface area contributed by atoms with Crippen LogP contribution in [0.3, 0.4) is 0 Å². The normalized spacial score (nSPS) is 10.9. The maximum Gasteiger partial charge on any atom is 0.488 e. The number of carbonyl (C=O) groups excluding carboxylic acids is 1. The Balaban J connectivity index is 2.02. The molecule has 0 radical (unpaired) electrons. The number of benzene rings is 2. The van der Waals surface area contributed by atoms with Crippen LogP contribution < -0.4 is 10.8 Å². The molecular weight excluding hydrogens is 407 g/mol. The number of carbonyl (C=O) groups is 1. The summed E-state index contributed by atoms with van der Waals surface area (Å²) in [6.07, 6.45) is -0.299. The predicted molar refractivity (Wildman–Crippen MR) is 113 cm³/mol. The molecule has 2 rings (SSSR count). The van der Waals surface area contributed by atoms with Gasteiger partial charge in [0.15, 0.2) is 9.84 Å². The van der Waals surface area contributed by atoms with Gasteiger partial charge in [-0.05, 0) is 54.2 Å². The van der Waals surface area contributed by atoms with Gasteiger partial charge >= 0.3 is 13.2 Å². The van der Waals surface area contributed by atoms with Gasteiger partial charge in [-0.3, -0.25) is 5.32 Å². The van der Waals surface area contributed by atoms with Gasteiger partial charge in [0.1, 0.15) is 6.07 Å². The first kappa shape index (κ1) is 23.4. The number of anilines is 1. The zero-order valence-electron chi connectivity index (χ0n) is 17.0. The molecule has 8 nitrogen and oxygen atoms in total. The molecule has 0 spiro atoms. The van der Waals surface area contributed by atoms with E-state index in [1.165, 1.54) is 25.1 Å². The summed E-state index contributed by atoms with van der Waals surface area (Å²) in [6, 6.07) is 9.15. The van der Waals surface area contributed by atoms with Gasteiger partial charge < -0.3 is 14.8 Å². The Hall–Kier alpha value is -2.87. The van der Waals surface area contributed by atoms with Crippen LogP contribution in [-0.4, -0.2) is 44.0 Å². The third-order valence-corrected chi connectivity index (χ3v) is 6.45. The van der Waals surface area contributed by atoms with Crippen LogP contribution in [0.4, 0.5) is 10.5 Å². The number of aryl methyl sites for hydroxylation is 2. The van der Waals surface area contributed by atoms with Crippen molar-refractivity contribution in [2.75, 3.05) is 17.7 Å². The van der Waals surface area contributed by atoms with Crippen LogP contribution >= 0.6 is 0 Å². The van der Waals surface area contributed by atoms with Crippen LogP contribution in [0.1, 0.15) is 29.2 Å². The molecule has 0 aliphatic heterocycles. The second-order valence-corrected chi connectivity index (χ2v) is 8.99. The lowest BCUT2D eigenvalue weighted by atomic mass is 9.77. The maximum atomic E-state index is 12.1. The second-order valence-electron chi connectivity index (χ2n) is 6.74. The van der Waals surface area contributed by atoms with Crippen molar-refractivity contribution in [3.63, 3.8) is 0 Å². The summed E-state index contributed by atoms with van der Waals surface area (Å²) in [5.41, 5.74) is 3.25. The standard InChI is InChI=1S/C20H23BN2O6S/c1-4-30(27,28)19-6-5-17(11-15(19)12-22)23-20(24)29-8-7-18-13(2)9-16(21(25)26)10-14(18)3/h5-6,9-11,25-26H,4,7-8H2,1-3H3,(H,23,24).